The van der Waals surface area contributed by atoms with Crippen LogP contribution in [0.1, 0.15) is 47.5 Å². The Hall–Kier alpha value is -0.640. The summed E-state index contributed by atoms with van der Waals surface area (Å²) in [6.45, 7) is 11.2. The van der Waals surface area contributed by atoms with Gasteiger partial charge in [0, 0.05) is 12.6 Å². The van der Waals surface area contributed by atoms with Crippen LogP contribution in [0.2, 0.25) is 0 Å². The van der Waals surface area contributed by atoms with Gasteiger partial charge in [0.1, 0.15) is 0 Å². The highest BCUT2D eigenvalue weighted by molar-refractivity contribution is 7.80. The summed E-state index contributed by atoms with van der Waals surface area (Å²) < 4.78 is 0. The quantitative estimate of drug-likeness (QED) is 0.802. The molecule has 0 aliphatic carbocycles. The first-order valence-electron chi connectivity index (χ1n) is 6.85. The van der Waals surface area contributed by atoms with E-state index < -0.39 is 5.41 Å². The van der Waals surface area contributed by atoms with Gasteiger partial charge >= 0.3 is 0 Å². The van der Waals surface area contributed by atoms with Crippen LogP contribution in [0, 0.1) is 17.3 Å². The zero-order valence-electron chi connectivity index (χ0n) is 12.2. The topological polar surface area (TPSA) is 46.3 Å². The summed E-state index contributed by atoms with van der Waals surface area (Å²) in [6, 6.07) is 0.272. The van der Waals surface area contributed by atoms with Crippen LogP contribution in [-0.2, 0) is 4.79 Å². The van der Waals surface area contributed by atoms with Gasteiger partial charge in [0.15, 0.2) is 0 Å². The lowest BCUT2D eigenvalue weighted by atomic mass is 9.81. The van der Waals surface area contributed by atoms with Crippen molar-refractivity contribution in [2.75, 3.05) is 6.54 Å². The number of rotatable bonds is 3. The van der Waals surface area contributed by atoms with Crippen LogP contribution in [0.15, 0.2) is 0 Å². The average molecular weight is 270 g/mol. The standard InChI is InChI=1S/C14H26N2OS/c1-6-14(5,12(15)18)13(17)16-8-9(2)7-10(3)11(16)4/h9-11H,6-8H2,1-5H3,(H2,15,18). The highest BCUT2D eigenvalue weighted by Gasteiger charge is 2.42. The third-order valence-corrected chi connectivity index (χ3v) is 5.03. The highest BCUT2D eigenvalue weighted by atomic mass is 32.1. The van der Waals surface area contributed by atoms with Crippen LogP contribution in [0.5, 0.6) is 0 Å². The molecule has 4 heteroatoms. The fraction of sp³-hybridized carbons (Fsp3) is 0.857. The maximum absolute atomic E-state index is 12.8. The second-order valence-corrected chi connectivity index (χ2v) is 6.51. The van der Waals surface area contributed by atoms with Crippen molar-refractivity contribution < 1.29 is 4.79 Å². The van der Waals surface area contributed by atoms with Crippen LogP contribution in [-0.4, -0.2) is 28.4 Å². The third-order valence-electron chi connectivity index (χ3n) is 4.58. The second-order valence-electron chi connectivity index (χ2n) is 6.07. The number of amides is 1. The fourth-order valence-corrected chi connectivity index (χ4v) is 2.96. The molecule has 1 aliphatic heterocycles. The minimum Gasteiger partial charge on any atom is -0.392 e. The van der Waals surface area contributed by atoms with Crippen LogP contribution >= 0.6 is 12.2 Å². The molecule has 18 heavy (non-hydrogen) atoms. The monoisotopic (exact) mass is 270 g/mol. The van der Waals surface area contributed by atoms with Crippen molar-refractivity contribution >= 4 is 23.1 Å². The number of hydrogen-bond donors (Lipinski definition) is 1. The van der Waals surface area contributed by atoms with Crippen molar-refractivity contribution in [3.05, 3.63) is 0 Å². The van der Waals surface area contributed by atoms with Gasteiger partial charge in [-0.3, -0.25) is 4.79 Å². The number of hydrogen-bond acceptors (Lipinski definition) is 2. The van der Waals surface area contributed by atoms with Crippen LogP contribution < -0.4 is 5.73 Å². The molecule has 0 aromatic rings. The minimum atomic E-state index is -0.694. The molecule has 0 aromatic heterocycles. The summed E-state index contributed by atoms with van der Waals surface area (Å²) >= 11 is 5.10. The zero-order chi connectivity index (χ0) is 14.1. The number of thiocarbonyl (C=S) groups is 1. The lowest BCUT2D eigenvalue weighted by Crippen LogP contribution is -2.56. The first kappa shape index (κ1) is 15.4. The Balaban J connectivity index is 2.97. The molecular weight excluding hydrogens is 244 g/mol. The zero-order valence-corrected chi connectivity index (χ0v) is 13.0. The minimum absolute atomic E-state index is 0.100. The van der Waals surface area contributed by atoms with Crippen molar-refractivity contribution in [1.82, 2.24) is 4.90 Å². The molecule has 1 heterocycles. The molecule has 0 radical (unpaired) electrons. The summed E-state index contributed by atoms with van der Waals surface area (Å²) in [4.78, 5) is 15.1. The molecule has 1 amide bonds. The molecule has 104 valence electrons. The number of carbonyl (C=O) groups excluding carboxylic acids is 1. The molecular formula is C14H26N2OS. The van der Waals surface area contributed by atoms with Gasteiger partial charge in [0.05, 0.1) is 10.4 Å². The molecule has 0 saturated carbocycles. The predicted octanol–water partition coefficient (Wildman–Crippen LogP) is 2.58. The normalized spacial score (nSPS) is 31.8. The van der Waals surface area contributed by atoms with Crippen LogP contribution in [0.4, 0.5) is 0 Å². The van der Waals surface area contributed by atoms with Crippen molar-refractivity contribution in [1.29, 1.82) is 0 Å². The summed E-state index contributed by atoms with van der Waals surface area (Å²) in [5, 5.41) is 0. The van der Waals surface area contributed by atoms with E-state index in [1.165, 1.54) is 6.42 Å². The van der Waals surface area contributed by atoms with E-state index in [2.05, 4.69) is 20.8 Å². The van der Waals surface area contributed by atoms with Crippen molar-refractivity contribution in [2.45, 2.75) is 53.5 Å². The maximum Gasteiger partial charge on any atom is 0.235 e. The van der Waals surface area contributed by atoms with E-state index in [0.29, 0.717) is 23.2 Å². The first-order valence-corrected chi connectivity index (χ1v) is 7.25. The summed E-state index contributed by atoms with van der Waals surface area (Å²) in [5.74, 6) is 1.18. The Morgan fingerprint density at radius 3 is 2.44 bits per heavy atom. The van der Waals surface area contributed by atoms with E-state index in [-0.39, 0.29) is 11.9 Å². The fourth-order valence-electron chi connectivity index (χ4n) is 2.73. The lowest BCUT2D eigenvalue weighted by Gasteiger charge is -2.44. The Labute approximate surface area is 116 Å². The molecule has 1 saturated heterocycles. The van der Waals surface area contributed by atoms with Crippen molar-refractivity contribution in [3.63, 3.8) is 0 Å². The van der Waals surface area contributed by atoms with Gasteiger partial charge in [0.2, 0.25) is 5.91 Å². The van der Waals surface area contributed by atoms with Gasteiger partial charge in [-0.05, 0) is 38.5 Å². The SMILES string of the molecule is CCC(C)(C(=O)N1CC(C)CC(C)C1C)C(N)=S. The van der Waals surface area contributed by atoms with E-state index in [9.17, 15) is 4.79 Å². The molecule has 1 fully saturated rings. The van der Waals surface area contributed by atoms with Crippen molar-refractivity contribution in [3.8, 4) is 0 Å². The van der Waals surface area contributed by atoms with E-state index >= 15 is 0 Å². The van der Waals surface area contributed by atoms with Gasteiger partial charge in [-0.15, -0.1) is 0 Å². The van der Waals surface area contributed by atoms with E-state index in [0.717, 1.165) is 6.54 Å². The molecule has 4 atom stereocenters. The number of carbonyl (C=O) groups is 1. The molecule has 1 aliphatic rings. The van der Waals surface area contributed by atoms with E-state index in [4.69, 9.17) is 18.0 Å². The molecule has 0 bridgehead atoms. The molecule has 3 nitrogen and oxygen atoms in total. The number of nitrogens with two attached hydrogens (primary N) is 1. The van der Waals surface area contributed by atoms with Crippen molar-refractivity contribution in [2.24, 2.45) is 23.0 Å². The summed E-state index contributed by atoms with van der Waals surface area (Å²) in [6.07, 6.45) is 1.84. The third kappa shape index (κ3) is 2.68. The Kier molecular flexibility index (Phi) is 4.76. The Morgan fingerprint density at radius 2 is 2.00 bits per heavy atom. The van der Waals surface area contributed by atoms with Gasteiger partial charge in [-0.2, -0.15) is 0 Å². The predicted molar refractivity (Wildman–Crippen MR) is 79.3 cm³/mol. The molecule has 1 rings (SSSR count). The second kappa shape index (κ2) is 5.55. The average Bonchev–Trinajstić information content (AvgIpc) is 2.31. The lowest BCUT2D eigenvalue weighted by molar-refractivity contribution is -0.143. The summed E-state index contributed by atoms with van der Waals surface area (Å²) in [5.41, 5.74) is 5.09. The number of piperidine rings is 1. The molecule has 4 unspecified atom stereocenters. The van der Waals surface area contributed by atoms with Crippen LogP contribution in [0.25, 0.3) is 0 Å². The first-order chi connectivity index (χ1) is 8.24. The smallest absolute Gasteiger partial charge is 0.235 e. The Bertz CT molecular complexity index is 345. The largest absolute Gasteiger partial charge is 0.392 e. The number of likely N-dealkylation sites (tertiary alicyclic amines) is 1. The molecule has 0 spiro atoms. The highest BCUT2D eigenvalue weighted by Crippen LogP contribution is 2.32. The number of nitrogens with zero attached hydrogens (tertiary/aromatic N) is 1. The van der Waals surface area contributed by atoms with E-state index in [1.54, 1.807) is 0 Å². The maximum atomic E-state index is 12.8. The van der Waals surface area contributed by atoms with E-state index in [1.807, 2.05) is 18.7 Å². The summed E-state index contributed by atoms with van der Waals surface area (Å²) in [7, 11) is 0. The molecule has 2 N–H and O–H groups in total. The van der Waals surface area contributed by atoms with Gasteiger partial charge in [0.25, 0.3) is 0 Å². The van der Waals surface area contributed by atoms with Gasteiger partial charge < -0.3 is 10.6 Å². The van der Waals surface area contributed by atoms with Gasteiger partial charge in [-0.25, -0.2) is 0 Å². The Morgan fingerprint density at radius 1 is 1.44 bits per heavy atom. The molecule has 0 aromatic carbocycles. The van der Waals surface area contributed by atoms with Gasteiger partial charge in [-0.1, -0.05) is 33.0 Å². The van der Waals surface area contributed by atoms with Crippen LogP contribution in [0.3, 0.4) is 0 Å².